The van der Waals surface area contributed by atoms with Crippen LogP contribution in [0.15, 0.2) is 24.3 Å². The summed E-state index contributed by atoms with van der Waals surface area (Å²) in [7, 11) is 0. The second-order valence-corrected chi connectivity index (χ2v) is 6.69. The van der Waals surface area contributed by atoms with E-state index in [2.05, 4.69) is 27.9 Å². The fourth-order valence-electron chi connectivity index (χ4n) is 2.03. The number of esters is 1. The van der Waals surface area contributed by atoms with Crippen LogP contribution in [0.2, 0.25) is 5.02 Å². The highest BCUT2D eigenvalue weighted by atomic mass is 127. The van der Waals surface area contributed by atoms with Crippen molar-refractivity contribution in [3.63, 3.8) is 0 Å². The van der Waals surface area contributed by atoms with E-state index in [-0.39, 0.29) is 21.7 Å². The van der Waals surface area contributed by atoms with Gasteiger partial charge in [0.2, 0.25) is 0 Å². The summed E-state index contributed by atoms with van der Waals surface area (Å²) in [4.78, 5) is 23.5. The molecule has 0 aromatic heterocycles. The van der Waals surface area contributed by atoms with Crippen LogP contribution in [0.1, 0.15) is 18.9 Å². The monoisotopic (exact) mass is 407 g/mol. The van der Waals surface area contributed by atoms with Crippen LogP contribution in [0.5, 0.6) is 0 Å². The van der Waals surface area contributed by atoms with Crippen molar-refractivity contribution in [2.45, 2.75) is 29.9 Å². The first-order valence-electron chi connectivity index (χ1n) is 6.39. The Labute approximate surface area is 136 Å². The van der Waals surface area contributed by atoms with E-state index >= 15 is 0 Å². The van der Waals surface area contributed by atoms with E-state index in [1.807, 2.05) is 19.1 Å². The Morgan fingerprint density at radius 1 is 1.45 bits per heavy atom. The van der Waals surface area contributed by atoms with Gasteiger partial charge in [-0.3, -0.25) is 9.59 Å². The van der Waals surface area contributed by atoms with Crippen molar-refractivity contribution in [3.05, 3.63) is 34.9 Å². The van der Waals surface area contributed by atoms with E-state index in [4.69, 9.17) is 16.3 Å². The zero-order chi connectivity index (χ0) is 14.7. The van der Waals surface area contributed by atoms with Crippen LogP contribution in [-0.2, 0) is 20.9 Å². The van der Waals surface area contributed by atoms with Gasteiger partial charge in [-0.1, -0.05) is 53.2 Å². The van der Waals surface area contributed by atoms with Crippen LogP contribution in [0.4, 0.5) is 0 Å². The van der Waals surface area contributed by atoms with E-state index in [0.717, 1.165) is 12.0 Å². The summed E-state index contributed by atoms with van der Waals surface area (Å²) in [5, 5.41) is 3.44. The Hall–Kier alpha value is -0.820. The largest absolute Gasteiger partial charge is 0.451 e. The third-order valence-electron chi connectivity index (χ3n) is 3.26. The molecule has 2 rings (SSSR count). The number of amides is 1. The number of cyclic esters (lactones) is 1. The standard InChI is InChI=1S/C14H15ClINO3/c1-2-10(16)11-12(20-14(11)19)13(18)17-7-8-3-5-9(15)6-4-8/h3-6,10-12H,2,7H2,1H3,(H,17,18)/t10-,11?,12+/m0/s1. The lowest BCUT2D eigenvalue weighted by molar-refractivity contribution is -0.188. The molecule has 1 aliphatic rings. The van der Waals surface area contributed by atoms with Gasteiger partial charge in [0.15, 0.2) is 6.10 Å². The number of hydrogen-bond donors (Lipinski definition) is 1. The highest BCUT2D eigenvalue weighted by molar-refractivity contribution is 14.1. The molecule has 20 heavy (non-hydrogen) atoms. The molecule has 3 atom stereocenters. The molecule has 0 saturated carbocycles. The predicted molar refractivity (Wildman–Crippen MR) is 84.8 cm³/mol. The van der Waals surface area contributed by atoms with Crippen LogP contribution in [0.25, 0.3) is 0 Å². The van der Waals surface area contributed by atoms with E-state index in [1.165, 1.54) is 0 Å². The van der Waals surface area contributed by atoms with Crippen molar-refractivity contribution in [2.75, 3.05) is 0 Å². The average molecular weight is 408 g/mol. The maximum Gasteiger partial charge on any atom is 0.315 e. The number of rotatable bonds is 5. The summed E-state index contributed by atoms with van der Waals surface area (Å²) in [6.07, 6.45) is 0.179. The molecule has 6 heteroatoms. The molecule has 1 heterocycles. The van der Waals surface area contributed by atoms with Gasteiger partial charge in [0.25, 0.3) is 5.91 Å². The number of carbonyl (C=O) groups excluding carboxylic acids is 2. The Bertz CT molecular complexity index is 506. The van der Waals surface area contributed by atoms with Crippen molar-refractivity contribution in [1.82, 2.24) is 5.32 Å². The Morgan fingerprint density at radius 3 is 2.65 bits per heavy atom. The van der Waals surface area contributed by atoms with Crippen LogP contribution in [0.3, 0.4) is 0 Å². The number of carbonyl (C=O) groups is 2. The smallest absolute Gasteiger partial charge is 0.315 e. The molecule has 1 aromatic rings. The van der Waals surface area contributed by atoms with E-state index in [0.29, 0.717) is 11.6 Å². The van der Waals surface area contributed by atoms with E-state index < -0.39 is 6.10 Å². The van der Waals surface area contributed by atoms with Gasteiger partial charge in [-0.2, -0.15) is 0 Å². The maximum atomic E-state index is 12.0. The third-order valence-corrected chi connectivity index (χ3v) is 5.17. The molecule has 1 fully saturated rings. The first-order chi connectivity index (χ1) is 9.52. The van der Waals surface area contributed by atoms with E-state index in [9.17, 15) is 9.59 Å². The molecule has 1 aromatic carbocycles. The van der Waals surface area contributed by atoms with E-state index in [1.54, 1.807) is 12.1 Å². The van der Waals surface area contributed by atoms with Crippen molar-refractivity contribution < 1.29 is 14.3 Å². The van der Waals surface area contributed by atoms with Gasteiger partial charge in [0, 0.05) is 15.5 Å². The first kappa shape index (κ1) is 15.6. The van der Waals surface area contributed by atoms with Crippen molar-refractivity contribution >= 4 is 46.1 Å². The third kappa shape index (κ3) is 3.44. The summed E-state index contributed by atoms with van der Waals surface area (Å²) in [6.45, 7) is 2.39. The summed E-state index contributed by atoms with van der Waals surface area (Å²) in [6, 6.07) is 7.24. The Balaban J connectivity index is 1.89. The summed E-state index contributed by atoms with van der Waals surface area (Å²) < 4.78 is 5.09. The lowest BCUT2D eigenvalue weighted by atomic mass is 9.91. The van der Waals surface area contributed by atoms with Crippen molar-refractivity contribution in [2.24, 2.45) is 5.92 Å². The second-order valence-electron chi connectivity index (χ2n) is 4.65. The van der Waals surface area contributed by atoms with Crippen LogP contribution in [0, 0.1) is 5.92 Å². The molecule has 108 valence electrons. The Morgan fingerprint density at radius 2 is 2.10 bits per heavy atom. The number of halogens is 2. The van der Waals surface area contributed by atoms with Gasteiger partial charge in [-0.05, 0) is 24.1 Å². The van der Waals surface area contributed by atoms with Crippen LogP contribution < -0.4 is 5.32 Å². The molecule has 0 bridgehead atoms. The first-order valence-corrected chi connectivity index (χ1v) is 8.02. The van der Waals surface area contributed by atoms with Crippen LogP contribution >= 0.6 is 34.2 Å². The average Bonchev–Trinajstić information content (AvgIpc) is 2.43. The van der Waals surface area contributed by atoms with Gasteiger partial charge in [0.05, 0.1) is 0 Å². The second kappa shape index (κ2) is 6.76. The highest BCUT2D eigenvalue weighted by Crippen LogP contribution is 2.32. The zero-order valence-corrected chi connectivity index (χ0v) is 13.8. The molecule has 1 unspecified atom stereocenters. The molecule has 1 saturated heterocycles. The minimum Gasteiger partial charge on any atom is -0.451 e. The topological polar surface area (TPSA) is 55.4 Å². The quantitative estimate of drug-likeness (QED) is 0.464. The molecule has 0 aliphatic carbocycles. The van der Waals surface area contributed by atoms with Crippen molar-refractivity contribution in [3.8, 4) is 0 Å². The van der Waals surface area contributed by atoms with Gasteiger partial charge >= 0.3 is 5.97 Å². The van der Waals surface area contributed by atoms with Crippen molar-refractivity contribution in [1.29, 1.82) is 0 Å². The minimum absolute atomic E-state index is 0.125. The number of alkyl halides is 1. The zero-order valence-electron chi connectivity index (χ0n) is 10.9. The summed E-state index contributed by atoms with van der Waals surface area (Å²) in [5.74, 6) is -0.844. The summed E-state index contributed by atoms with van der Waals surface area (Å²) >= 11 is 7.99. The predicted octanol–water partition coefficient (Wildman–Crippen LogP) is 2.71. The number of ether oxygens (including phenoxy) is 1. The lowest BCUT2D eigenvalue weighted by Gasteiger charge is -2.36. The molecule has 1 N–H and O–H groups in total. The summed E-state index contributed by atoms with van der Waals surface area (Å²) in [5.41, 5.74) is 0.950. The van der Waals surface area contributed by atoms with Gasteiger partial charge in [0.1, 0.15) is 5.92 Å². The molecule has 4 nitrogen and oxygen atoms in total. The Kier molecular flexibility index (Phi) is 5.26. The minimum atomic E-state index is -0.656. The van der Waals surface area contributed by atoms with Gasteiger partial charge in [-0.15, -0.1) is 0 Å². The molecular formula is C14H15ClINO3. The number of hydrogen-bond acceptors (Lipinski definition) is 3. The fraction of sp³-hybridized carbons (Fsp3) is 0.429. The SMILES string of the molecule is CC[C@H](I)C1C(=O)O[C@H]1C(=O)NCc1ccc(Cl)cc1. The molecule has 0 radical (unpaired) electrons. The fourth-order valence-corrected chi connectivity index (χ4v) is 2.82. The molecule has 0 spiro atoms. The normalized spacial score (nSPS) is 22.6. The molecule has 1 aliphatic heterocycles. The van der Waals surface area contributed by atoms with Gasteiger partial charge in [-0.25, -0.2) is 0 Å². The maximum absolute atomic E-state index is 12.0. The van der Waals surface area contributed by atoms with Crippen LogP contribution in [-0.4, -0.2) is 21.9 Å². The van der Waals surface area contributed by atoms with Gasteiger partial charge < -0.3 is 10.1 Å². The lowest BCUT2D eigenvalue weighted by Crippen LogP contribution is -2.56. The number of benzene rings is 1. The molecular weight excluding hydrogens is 393 g/mol. The molecule has 1 amide bonds. The number of nitrogens with one attached hydrogen (secondary N) is 1. The highest BCUT2D eigenvalue weighted by Gasteiger charge is 2.50.